The highest BCUT2D eigenvalue weighted by molar-refractivity contribution is 9.10. The molecule has 2 heterocycles. The molecule has 3 nitrogen and oxygen atoms in total. The molecule has 1 aromatic rings. The molecule has 2 rings (SSSR count). The Balaban J connectivity index is 2.04. The number of nitriles is 1. The molecular formula is C9H8BrN3. The first kappa shape index (κ1) is 8.52. The number of hydrogen-bond acceptors (Lipinski definition) is 3. The van der Waals surface area contributed by atoms with Crippen LogP contribution in [-0.4, -0.2) is 18.1 Å². The van der Waals surface area contributed by atoms with Gasteiger partial charge in [0.05, 0.1) is 12.0 Å². The molecule has 0 aliphatic carbocycles. The highest BCUT2D eigenvalue weighted by Gasteiger charge is 2.26. The highest BCUT2D eigenvalue weighted by atomic mass is 79.9. The lowest BCUT2D eigenvalue weighted by atomic mass is 10.0. The summed E-state index contributed by atoms with van der Waals surface area (Å²) < 4.78 is 0.980. The first-order valence-corrected chi connectivity index (χ1v) is 4.85. The second-order valence-corrected chi connectivity index (χ2v) is 3.98. The summed E-state index contributed by atoms with van der Waals surface area (Å²) in [6.45, 7) is 1.62. The minimum absolute atomic E-state index is 0.186. The van der Waals surface area contributed by atoms with Crippen LogP contribution in [0.5, 0.6) is 0 Å². The van der Waals surface area contributed by atoms with Crippen molar-refractivity contribution in [3.8, 4) is 6.07 Å². The number of halogens is 1. The second kappa shape index (κ2) is 3.35. The van der Waals surface area contributed by atoms with Gasteiger partial charge in [0, 0.05) is 23.8 Å². The summed E-state index contributed by atoms with van der Waals surface area (Å²) >= 11 is 3.33. The lowest BCUT2D eigenvalue weighted by Gasteiger charge is -2.36. The SMILES string of the molecule is N#CC1CN(c2ccc(Br)cn2)C1. The molecule has 0 N–H and O–H groups in total. The fourth-order valence-corrected chi connectivity index (χ4v) is 1.54. The van der Waals surface area contributed by atoms with E-state index in [1.165, 1.54) is 0 Å². The van der Waals surface area contributed by atoms with E-state index in [2.05, 4.69) is 31.9 Å². The Hall–Kier alpha value is -1.08. The predicted molar refractivity (Wildman–Crippen MR) is 53.3 cm³/mol. The van der Waals surface area contributed by atoms with Crippen molar-refractivity contribution in [3.05, 3.63) is 22.8 Å². The van der Waals surface area contributed by atoms with Crippen LogP contribution in [0.1, 0.15) is 0 Å². The Kier molecular flexibility index (Phi) is 2.19. The van der Waals surface area contributed by atoms with Gasteiger partial charge in [-0.1, -0.05) is 0 Å². The zero-order valence-corrected chi connectivity index (χ0v) is 8.53. The Morgan fingerprint density at radius 1 is 1.54 bits per heavy atom. The van der Waals surface area contributed by atoms with Gasteiger partial charge in [-0.05, 0) is 28.1 Å². The molecule has 1 aromatic heterocycles. The van der Waals surface area contributed by atoms with Gasteiger partial charge >= 0.3 is 0 Å². The zero-order valence-electron chi connectivity index (χ0n) is 6.94. The first-order chi connectivity index (χ1) is 6.29. The van der Waals surface area contributed by atoms with E-state index in [-0.39, 0.29) is 5.92 Å². The molecule has 0 bridgehead atoms. The Morgan fingerprint density at radius 2 is 2.31 bits per heavy atom. The lowest BCUT2D eigenvalue weighted by molar-refractivity contribution is 0.499. The Labute approximate surface area is 85.1 Å². The lowest BCUT2D eigenvalue weighted by Crippen LogP contribution is -2.46. The molecule has 13 heavy (non-hydrogen) atoms. The molecule has 0 spiro atoms. The fraction of sp³-hybridized carbons (Fsp3) is 0.333. The zero-order chi connectivity index (χ0) is 9.26. The molecule has 0 unspecified atom stereocenters. The van der Waals surface area contributed by atoms with Gasteiger partial charge < -0.3 is 4.90 Å². The van der Waals surface area contributed by atoms with Gasteiger partial charge in [-0.25, -0.2) is 4.98 Å². The fourth-order valence-electron chi connectivity index (χ4n) is 1.30. The van der Waals surface area contributed by atoms with Crippen LogP contribution in [0.2, 0.25) is 0 Å². The van der Waals surface area contributed by atoms with E-state index in [4.69, 9.17) is 5.26 Å². The van der Waals surface area contributed by atoms with Crippen molar-refractivity contribution in [2.75, 3.05) is 18.0 Å². The molecule has 1 saturated heterocycles. The van der Waals surface area contributed by atoms with Crippen molar-refractivity contribution in [2.24, 2.45) is 5.92 Å². The van der Waals surface area contributed by atoms with Crippen LogP contribution in [-0.2, 0) is 0 Å². The van der Waals surface area contributed by atoms with E-state index in [0.29, 0.717) is 0 Å². The normalized spacial score (nSPS) is 16.5. The Morgan fingerprint density at radius 3 is 2.85 bits per heavy atom. The quantitative estimate of drug-likeness (QED) is 0.748. The number of aromatic nitrogens is 1. The molecule has 1 aliphatic heterocycles. The van der Waals surface area contributed by atoms with Crippen LogP contribution in [0, 0.1) is 17.2 Å². The smallest absolute Gasteiger partial charge is 0.128 e. The number of pyridine rings is 1. The third-order valence-corrected chi connectivity index (χ3v) is 2.57. The average molecular weight is 238 g/mol. The van der Waals surface area contributed by atoms with Gasteiger partial charge in [0.1, 0.15) is 5.82 Å². The van der Waals surface area contributed by atoms with E-state index in [1.54, 1.807) is 6.20 Å². The first-order valence-electron chi connectivity index (χ1n) is 4.05. The van der Waals surface area contributed by atoms with Gasteiger partial charge in [-0.3, -0.25) is 0 Å². The number of rotatable bonds is 1. The molecule has 0 atom stereocenters. The molecule has 0 radical (unpaired) electrons. The summed E-state index contributed by atoms with van der Waals surface area (Å²) in [5, 5.41) is 8.59. The molecule has 0 aromatic carbocycles. The van der Waals surface area contributed by atoms with Gasteiger partial charge in [-0.2, -0.15) is 5.26 Å². The molecule has 0 amide bonds. The van der Waals surface area contributed by atoms with Crippen LogP contribution in [0.25, 0.3) is 0 Å². The highest BCUT2D eigenvalue weighted by Crippen LogP contribution is 2.22. The predicted octanol–water partition coefficient (Wildman–Crippen LogP) is 1.80. The maximum absolute atomic E-state index is 8.59. The van der Waals surface area contributed by atoms with Crippen LogP contribution < -0.4 is 4.90 Å². The van der Waals surface area contributed by atoms with Crippen molar-refractivity contribution in [3.63, 3.8) is 0 Å². The largest absolute Gasteiger partial charge is 0.354 e. The summed E-state index contributed by atoms with van der Waals surface area (Å²) in [6, 6.07) is 6.15. The van der Waals surface area contributed by atoms with Gasteiger partial charge in [-0.15, -0.1) is 0 Å². The van der Waals surface area contributed by atoms with Crippen LogP contribution in [0.4, 0.5) is 5.82 Å². The molecular weight excluding hydrogens is 230 g/mol. The van der Waals surface area contributed by atoms with Gasteiger partial charge in [0.2, 0.25) is 0 Å². The van der Waals surface area contributed by atoms with Gasteiger partial charge in [0.15, 0.2) is 0 Å². The van der Waals surface area contributed by atoms with E-state index < -0.39 is 0 Å². The number of anilines is 1. The molecule has 4 heteroatoms. The summed E-state index contributed by atoms with van der Waals surface area (Å²) in [7, 11) is 0. The standard InChI is InChI=1S/C9H8BrN3/c10-8-1-2-9(12-4-8)13-5-7(3-11)6-13/h1-2,4,7H,5-6H2. The van der Waals surface area contributed by atoms with E-state index in [0.717, 1.165) is 23.4 Å². The number of nitrogens with zero attached hydrogens (tertiary/aromatic N) is 3. The summed E-state index contributed by atoms with van der Waals surface area (Å²) in [4.78, 5) is 6.34. The van der Waals surface area contributed by atoms with Gasteiger partial charge in [0.25, 0.3) is 0 Å². The topological polar surface area (TPSA) is 39.9 Å². The van der Waals surface area contributed by atoms with Crippen LogP contribution in [0.15, 0.2) is 22.8 Å². The average Bonchev–Trinajstić information content (AvgIpc) is 2.06. The van der Waals surface area contributed by atoms with Crippen molar-refractivity contribution in [1.29, 1.82) is 5.26 Å². The minimum atomic E-state index is 0.186. The third kappa shape index (κ3) is 1.65. The van der Waals surface area contributed by atoms with E-state index >= 15 is 0 Å². The summed E-state index contributed by atoms with van der Waals surface area (Å²) in [6.07, 6.45) is 1.77. The minimum Gasteiger partial charge on any atom is -0.354 e. The summed E-state index contributed by atoms with van der Waals surface area (Å²) in [5.41, 5.74) is 0. The van der Waals surface area contributed by atoms with Crippen molar-refractivity contribution < 1.29 is 0 Å². The van der Waals surface area contributed by atoms with Crippen molar-refractivity contribution in [1.82, 2.24) is 4.98 Å². The van der Waals surface area contributed by atoms with E-state index in [1.807, 2.05) is 12.1 Å². The molecule has 1 fully saturated rings. The molecule has 66 valence electrons. The van der Waals surface area contributed by atoms with Crippen molar-refractivity contribution in [2.45, 2.75) is 0 Å². The van der Waals surface area contributed by atoms with E-state index in [9.17, 15) is 0 Å². The number of hydrogen-bond donors (Lipinski definition) is 0. The maximum Gasteiger partial charge on any atom is 0.128 e. The van der Waals surface area contributed by atoms with Crippen LogP contribution >= 0.6 is 15.9 Å². The van der Waals surface area contributed by atoms with Crippen LogP contribution in [0.3, 0.4) is 0 Å². The third-order valence-electron chi connectivity index (χ3n) is 2.10. The maximum atomic E-state index is 8.59. The molecule has 0 saturated carbocycles. The second-order valence-electron chi connectivity index (χ2n) is 3.07. The molecule has 1 aliphatic rings. The Bertz CT molecular complexity index is 335. The monoisotopic (exact) mass is 237 g/mol. The van der Waals surface area contributed by atoms with Crippen molar-refractivity contribution >= 4 is 21.7 Å². The summed E-state index contributed by atoms with van der Waals surface area (Å²) in [5.74, 6) is 1.14.